The molecular formula is C10H22N4O3. The predicted molar refractivity (Wildman–Crippen MR) is 63.6 cm³/mol. The van der Waals surface area contributed by atoms with Gasteiger partial charge in [-0.2, -0.15) is 4.91 Å². The van der Waals surface area contributed by atoms with Gasteiger partial charge in [0.15, 0.2) is 6.54 Å². The first kappa shape index (κ1) is 15.9. The Kier molecular flexibility index (Phi) is 8.43. The van der Waals surface area contributed by atoms with Crippen molar-refractivity contribution in [3.8, 4) is 0 Å². The molecule has 0 aromatic rings. The van der Waals surface area contributed by atoms with Crippen LogP contribution in [0.1, 0.15) is 39.5 Å². The van der Waals surface area contributed by atoms with Crippen LogP contribution < -0.4 is 5.06 Å². The topological polar surface area (TPSA) is 107 Å². The molecule has 7 nitrogen and oxygen atoms in total. The number of quaternary nitrogens is 1. The highest BCUT2D eigenvalue weighted by Gasteiger charge is 2.11. The maximum atomic E-state index is 11.3. The van der Waals surface area contributed by atoms with E-state index in [2.05, 4.69) is 5.18 Å². The lowest BCUT2D eigenvalue weighted by molar-refractivity contribution is -0.871. The Labute approximate surface area is 101 Å². The quantitative estimate of drug-likeness (QED) is 0.260. The number of nitrogens with zero attached hydrogens (tertiary/aromatic N) is 2. The van der Waals surface area contributed by atoms with Crippen molar-refractivity contribution in [2.45, 2.75) is 51.6 Å². The first-order chi connectivity index (χ1) is 7.97. The first-order valence-corrected chi connectivity index (χ1v) is 5.98. The van der Waals surface area contributed by atoms with Gasteiger partial charge in [-0.3, -0.25) is 0 Å². The maximum Gasteiger partial charge on any atom is 0.180 e. The van der Waals surface area contributed by atoms with Crippen LogP contribution in [0.15, 0.2) is 5.18 Å². The van der Waals surface area contributed by atoms with E-state index in [9.17, 15) is 15.3 Å². The molecular weight excluding hydrogens is 224 g/mol. The molecule has 0 aromatic heterocycles. The molecule has 0 radical (unpaired) electrons. The third kappa shape index (κ3) is 8.70. The summed E-state index contributed by atoms with van der Waals surface area (Å²) >= 11 is 0. The summed E-state index contributed by atoms with van der Waals surface area (Å²) in [6.45, 7) is 4.29. The maximum absolute atomic E-state index is 11.3. The molecule has 17 heavy (non-hydrogen) atoms. The van der Waals surface area contributed by atoms with Crippen LogP contribution >= 0.6 is 0 Å². The molecule has 0 spiro atoms. The van der Waals surface area contributed by atoms with Crippen molar-refractivity contribution in [1.82, 2.24) is 0 Å². The lowest BCUT2D eigenvalue weighted by atomic mass is 10.1. The summed E-state index contributed by atoms with van der Waals surface area (Å²) < 4.78 is 0. The zero-order valence-corrected chi connectivity index (χ0v) is 10.5. The lowest BCUT2D eigenvalue weighted by Gasteiger charge is -2.26. The molecule has 2 unspecified atom stereocenters. The highest BCUT2D eigenvalue weighted by atomic mass is 16.5. The third-order valence-electron chi connectivity index (χ3n) is 2.65. The van der Waals surface area contributed by atoms with Crippen molar-refractivity contribution in [3.05, 3.63) is 15.3 Å². The smallest absolute Gasteiger partial charge is 0.180 e. The van der Waals surface area contributed by atoms with Crippen LogP contribution in [0.5, 0.6) is 0 Å². The standard InChI is InChI=1S/C10H22N4O3/c1-9(2)13(16)7-3-5-10(12-15)6-4-8-14(11)17/h9-11,13H,3-8H2,1-2H3. The fourth-order valence-corrected chi connectivity index (χ4v) is 1.52. The minimum atomic E-state index is -0.338. The Hall–Kier alpha value is -1.08. The Morgan fingerprint density at radius 1 is 1.35 bits per heavy atom. The molecule has 7 heteroatoms. The van der Waals surface area contributed by atoms with Gasteiger partial charge in [0.05, 0.1) is 18.6 Å². The zero-order chi connectivity index (χ0) is 13.3. The summed E-state index contributed by atoms with van der Waals surface area (Å²) in [6.07, 6.45) is 2.24. The summed E-state index contributed by atoms with van der Waals surface area (Å²) in [5.74, 6) is 0. The largest absolute Gasteiger partial charge is 0.634 e. The fraction of sp³-hybridized carbons (Fsp3) is 1.00. The van der Waals surface area contributed by atoms with Gasteiger partial charge in [0.25, 0.3) is 0 Å². The van der Waals surface area contributed by atoms with E-state index in [-0.39, 0.29) is 28.6 Å². The van der Waals surface area contributed by atoms with Crippen LogP contribution in [0.3, 0.4) is 0 Å². The molecule has 0 saturated carbocycles. The third-order valence-corrected chi connectivity index (χ3v) is 2.65. The summed E-state index contributed by atoms with van der Waals surface area (Å²) in [5.41, 5.74) is 6.64. The SMILES string of the molecule is CC(C)[NH+]([O-])CCCC(CCC[N+](=N)[O-])N=O. The van der Waals surface area contributed by atoms with Crippen LogP contribution in [0.25, 0.3) is 0 Å². The molecule has 0 saturated heterocycles. The number of rotatable bonds is 10. The van der Waals surface area contributed by atoms with Gasteiger partial charge < -0.3 is 15.5 Å². The second-order valence-electron chi connectivity index (χ2n) is 4.52. The first-order valence-electron chi connectivity index (χ1n) is 5.98. The summed E-state index contributed by atoms with van der Waals surface area (Å²) in [5, 5.41) is 24.8. The average molecular weight is 246 g/mol. The van der Waals surface area contributed by atoms with Gasteiger partial charge in [0.2, 0.25) is 0 Å². The van der Waals surface area contributed by atoms with E-state index in [1.165, 1.54) is 0 Å². The second-order valence-corrected chi connectivity index (χ2v) is 4.52. The molecule has 0 amide bonds. The molecule has 0 bridgehead atoms. The number of nitroso groups, excluding NO2 is 1. The number of hydrogen-bond donors (Lipinski definition) is 2. The van der Waals surface area contributed by atoms with Crippen molar-refractivity contribution < 1.29 is 9.92 Å². The van der Waals surface area contributed by atoms with E-state index >= 15 is 0 Å². The Morgan fingerprint density at radius 2 is 1.94 bits per heavy atom. The average Bonchev–Trinajstić information content (AvgIpc) is 2.26. The van der Waals surface area contributed by atoms with Gasteiger partial charge in [0.1, 0.15) is 0 Å². The zero-order valence-electron chi connectivity index (χ0n) is 10.5. The van der Waals surface area contributed by atoms with E-state index in [1.807, 2.05) is 13.8 Å². The number of hydroxylamine groups is 3. The molecule has 0 aliphatic heterocycles. The van der Waals surface area contributed by atoms with Crippen LogP contribution in [-0.4, -0.2) is 30.0 Å². The van der Waals surface area contributed by atoms with Crippen molar-refractivity contribution in [3.63, 3.8) is 0 Å². The minimum Gasteiger partial charge on any atom is -0.634 e. The fourth-order valence-electron chi connectivity index (χ4n) is 1.52. The van der Waals surface area contributed by atoms with Gasteiger partial charge in [-0.15, -0.1) is 0 Å². The van der Waals surface area contributed by atoms with Gasteiger partial charge in [-0.1, -0.05) is 10.0 Å². The molecule has 0 aliphatic carbocycles. The Bertz CT molecular complexity index is 236. The number of hydrogen-bond acceptors (Lipinski definition) is 5. The molecule has 0 heterocycles. The van der Waals surface area contributed by atoms with Gasteiger partial charge in [0, 0.05) is 6.42 Å². The Balaban J connectivity index is 3.67. The van der Waals surface area contributed by atoms with Crippen LogP contribution in [0.2, 0.25) is 0 Å². The molecule has 0 aromatic carbocycles. The van der Waals surface area contributed by atoms with E-state index in [0.29, 0.717) is 32.2 Å². The van der Waals surface area contributed by atoms with Gasteiger partial charge in [-0.05, 0) is 38.6 Å². The monoisotopic (exact) mass is 246 g/mol. The van der Waals surface area contributed by atoms with E-state index in [4.69, 9.17) is 5.53 Å². The summed E-state index contributed by atoms with van der Waals surface area (Å²) in [6, 6.07) is -0.301. The van der Waals surface area contributed by atoms with Crippen molar-refractivity contribution in [2.24, 2.45) is 5.18 Å². The van der Waals surface area contributed by atoms with Crippen LogP contribution in [0.4, 0.5) is 0 Å². The number of nitrogens with one attached hydrogen (secondary N) is 2. The van der Waals surface area contributed by atoms with E-state index in [0.717, 1.165) is 0 Å². The minimum absolute atomic E-state index is 0.0370. The molecule has 2 N–H and O–H groups in total. The van der Waals surface area contributed by atoms with Crippen molar-refractivity contribution in [1.29, 1.82) is 5.53 Å². The van der Waals surface area contributed by atoms with Gasteiger partial charge in [-0.25, -0.2) is 0 Å². The van der Waals surface area contributed by atoms with Crippen LogP contribution in [-0.2, 0) is 0 Å². The normalized spacial score (nSPS) is 14.6. The lowest BCUT2D eigenvalue weighted by Crippen LogP contribution is -3.10. The Morgan fingerprint density at radius 3 is 2.41 bits per heavy atom. The van der Waals surface area contributed by atoms with Crippen LogP contribution in [0, 0.1) is 20.9 Å². The molecule has 2 atom stereocenters. The predicted octanol–water partition coefficient (Wildman–Crippen LogP) is 1.01. The van der Waals surface area contributed by atoms with Crippen molar-refractivity contribution >= 4 is 0 Å². The van der Waals surface area contributed by atoms with E-state index < -0.39 is 0 Å². The van der Waals surface area contributed by atoms with Gasteiger partial charge >= 0.3 is 0 Å². The highest BCUT2D eigenvalue weighted by Crippen LogP contribution is 2.08. The van der Waals surface area contributed by atoms with Crippen molar-refractivity contribution in [2.75, 3.05) is 13.1 Å². The molecule has 0 aliphatic rings. The highest BCUT2D eigenvalue weighted by molar-refractivity contribution is 4.65. The molecule has 0 rings (SSSR count). The summed E-state index contributed by atoms with van der Waals surface area (Å²) in [7, 11) is 0. The van der Waals surface area contributed by atoms with E-state index in [1.54, 1.807) is 0 Å². The molecule has 0 fully saturated rings. The second kappa shape index (κ2) is 9.00. The molecule has 100 valence electrons. The summed E-state index contributed by atoms with van der Waals surface area (Å²) in [4.78, 5) is 10.6.